The first-order valence-electron chi connectivity index (χ1n) is 4.77. The Labute approximate surface area is 144 Å². The third-order valence-corrected chi connectivity index (χ3v) is 6.80. The van der Waals surface area contributed by atoms with Crippen molar-refractivity contribution < 1.29 is 48.2 Å². The third kappa shape index (κ3) is 4.95. The van der Waals surface area contributed by atoms with Crippen molar-refractivity contribution in [3.05, 3.63) is 60.7 Å². The Morgan fingerprint density at radius 3 is 1.28 bits per heavy atom. The molecule has 0 fully saturated rings. The summed E-state index contributed by atoms with van der Waals surface area (Å²) in [5.74, 6) is 0. The van der Waals surface area contributed by atoms with Gasteiger partial charge in [-0.05, 0) is 0 Å². The second-order valence-corrected chi connectivity index (χ2v) is 8.59. The van der Waals surface area contributed by atoms with Crippen LogP contribution in [0, 0.1) is 0 Å². The number of hydrogen-bond acceptors (Lipinski definition) is 1. The van der Waals surface area contributed by atoms with E-state index < -0.39 is 4.93 Å². The Hall–Kier alpha value is 0.614. The van der Waals surface area contributed by atoms with Gasteiger partial charge in [0.15, 0.2) is 0 Å². The summed E-state index contributed by atoms with van der Waals surface area (Å²) < 4.78 is 12.6. The molecule has 0 spiro atoms. The Morgan fingerprint density at radius 1 is 0.722 bits per heavy atom. The van der Waals surface area contributed by atoms with Crippen molar-refractivity contribution in [2.24, 2.45) is 0 Å². The van der Waals surface area contributed by atoms with E-state index in [1.54, 1.807) is 21.2 Å². The number of halogens is 2. The molecule has 1 nitrogen and oxygen atoms in total. The van der Waals surface area contributed by atoms with E-state index in [0.717, 1.165) is 10.6 Å². The first-order valence-corrected chi connectivity index (χ1v) is 8.56. The molecule has 0 unspecified atom stereocenters. The van der Waals surface area contributed by atoms with Gasteiger partial charge in [0.05, 0.1) is 0 Å². The number of hydrogen-bond donors (Lipinski definition) is 0. The summed E-state index contributed by atoms with van der Waals surface area (Å²) in [7, 11) is 0. The number of rotatable bonds is 2. The van der Waals surface area contributed by atoms with Crippen molar-refractivity contribution in [3.8, 4) is 0 Å². The molecule has 0 aliphatic rings. The monoisotopic (exact) mass is 302 g/mol. The predicted molar refractivity (Wildman–Crippen MR) is 65.5 cm³/mol. The van der Waals surface area contributed by atoms with Crippen molar-refractivity contribution in [2.75, 3.05) is 0 Å². The molecule has 18 heavy (non-hydrogen) atoms. The second-order valence-electron chi connectivity index (χ2n) is 3.41. The first-order chi connectivity index (χ1) is 7.21. The van der Waals surface area contributed by atoms with E-state index in [1.807, 2.05) is 60.7 Å². The Bertz CT molecular complexity index is 452. The zero-order valence-electron chi connectivity index (χ0n) is 10.1. The van der Waals surface area contributed by atoms with Crippen molar-refractivity contribution >= 4 is 36.7 Å². The maximum absolute atomic E-state index is 12.6. The van der Waals surface area contributed by atoms with E-state index in [4.69, 9.17) is 0 Å². The molecule has 0 saturated carbocycles. The minimum Gasteiger partial charge on any atom is -1.00 e. The van der Waals surface area contributed by atoms with Crippen LogP contribution in [0.5, 0.6) is 0 Å². The van der Waals surface area contributed by atoms with Crippen LogP contribution >= 0.6 is 4.93 Å². The zero-order valence-corrected chi connectivity index (χ0v) is 13.9. The molecule has 0 bridgehead atoms. The van der Waals surface area contributed by atoms with Crippen LogP contribution in [0.1, 0.15) is 0 Å². The SMILES string of the molecule is O=[P]([Mg+])(c1ccccc1)c1ccccc1.[Cl-].[Cl-].[Li+]. The van der Waals surface area contributed by atoms with Crippen LogP contribution in [0.2, 0.25) is 0 Å². The summed E-state index contributed by atoms with van der Waals surface area (Å²) in [5.41, 5.74) is 0. The fourth-order valence-electron chi connectivity index (χ4n) is 1.49. The molecule has 0 radical (unpaired) electrons. The molecule has 0 heterocycles. The second kappa shape index (κ2) is 9.51. The van der Waals surface area contributed by atoms with Crippen molar-refractivity contribution in [2.45, 2.75) is 0 Å². The maximum Gasteiger partial charge on any atom is 1.00 e. The molecule has 6 heteroatoms. The maximum atomic E-state index is 12.6. The van der Waals surface area contributed by atoms with E-state index in [2.05, 4.69) is 0 Å². The standard InChI is InChI=1S/C12H10OP.2ClH.Li.Mg/c13-14(11-7-3-1-4-8-11)12-9-5-2-6-10-12;;;;/h1-10H;2*1H;;/q+1;;;+1;/p-2. The molecular formula is C12H10Cl2LiMgOP. The van der Waals surface area contributed by atoms with Gasteiger partial charge in [-0.3, -0.25) is 0 Å². The summed E-state index contributed by atoms with van der Waals surface area (Å²) in [6, 6.07) is 19.3. The van der Waals surface area contributed by atoms with Gasteiger partial charge in [-0.2, -0.15) is 0 Å². The van der Waals surface area contributed by atoms with E-state index in [0.29, 0.717) is 0 Å². The van der Waals surface area contributed by atoms with Gasteiger partial charge < -0.3 is 24.8 Å². The first kappa shape index (κ1) is 20.9. The predicted octanol–water partition coefficient (Wildman–Crippen LogP) is -6.90. The van der Waals surface area contributed by atoms with Crippen molar-refractivity contribution in [1.82, 2.24) is 0 Å². The molecule has 0 amide bonds. The van der Waals surface area contributed by atoms with Crippen LogP contribution in [0.3, 0.4) is 0 Å². The Kier molecular flexibility index (Phi) is 11.1. The Balaban J connectivity index is 0. The topological polar surface area (TPSA) is 17.1 Å². The van der Waals surface area contributed by atoms with Gasteiger partial charge in [-0.15, -0.1) is 0 Å². The minimum absolute atomic E-state index is 0. The van der Waals surface area contributed by atoms with Gasteiger partial charge in [0.2, 0.25) is 0 Å². The fourth-order valence-corrected chi connectivity index (χ4v) is 4.36. The normalized spacial score (nSPS) is 9.44. The molecule has 2 aromatic carbocycles. The summed E-state index contributed by atoms with van der Waals surface area (Å²) in [6.07, 6.45) is 0. The third-order valence-electron chi connectivity index (χ3n) is 2.35. The molecule has 0 saturated heterocycles. The molecule has 0 aliphatic heterocycles. The molecule has 86 valence electrons. The summed E-state index contributed by atoms with van der Waals surface area (Å²) >= 11 is 1.59. The van der Waals surface area contributed by atoms with E-state index in [1.165, 1.54) is 0 Å². The summed E-state index contributed by atoms with van der Waals surface area (Å²) in [4.78, 5) is -2.37. The molecular weight excluding hydrogens is 293 g/mol. The van der Waals surface area contributed by atoms with Gasteiger partial charge in [-0.1, -0.05) is 0 Å². The summed E-state index contributed by atoms with van der Waals surface area (Å²) in [6.45, 7) is 0. The van der Waals surface area contributed by atoms with E-state index >= 15 is 0 Å². The average molecular weight is 303 g/mol. The van der Waals surface area contributed by atoms with E-state index in [9.17, 15) is 4.57 Å². The van der Waals surface area contributed by atoms with E-state index in [-0.39, 0.29) is 43.7 Å². The van der Waals surface area contributed by atoms with Gasteiger partial charge >= 0.3 is 121 Å². The molecule has 2 aromatic rings. The van der Waals surface area contributed by atoms with Crippen LogP contribution in [0.4, 0.5) is 0 Å². The quantitative estimate of drug-likeness (QED) is 0.398. The van der Waals surface area contributed by atoms with Gasteiger partial charge in [0.1, 0.15) is 0 Å². The van der Waals surface area contributed by atoms with Gasteiger partial charge in [0, 0.05) is 0 Å². The number of benzene rings is 2. The Morgan fingerprint density at radius 2 is 1.00 bits per heavy atom. The molecule has 0 atom stereocenters. The molecule has 2 rings (SSSR count). The molecule has 0 aliphatic carbocycles. The van der Waals surface area contributed by atoms with Crippen LogP contribution < -0.4 is 54.3 Å². The fraction of sp³-hybridized carbons (Fsp3) is 0. The molecule has 0 N–H and O–H groups in total. The summed E-state index contributed by atoms with van der Waals surface area (Å²) in [5, 5.41) is 1.85. The largest absolute Gasteiger partial charge is 1.00 e. The smallest absolute Gasteiger partial charge is 1.00 e. The van der Waals surface area contributed by atoms with Crippen LogP contribution in [-0.4, -0.2) is 21.2 Å². The minimum atomic E-state index is -2.37. The van der Waals surface area contributed by atoms with Crippen LogP contribution in [0.15, 0.2) is 60.7 Å². The van der Waals surface area contributed by atoms with Gasteiger partial charge in [0.25, 0.3) is 0 Å². The van der Waals surface area contributed by atoms with Crippen molar-refractivity contribution in [3.63, 3.8) is 0 Å². The average Bonchev–Trinajstić information content (AvgIpc) is 2.31. The zero-order chi connectivity index (χ0) is 10.7. The van der Waals surface area contributed by atoms with Crippen LogP contribution in [-0.2, 0) is 4.57 Å². The van der Waals surface area contributed by atoms with Crippen molar-refractivity contribution in [1.29, 1.82) is 0 Å². The van der Waals surface area contributed by atoms with Gasteiger partial charge in [-0.25, -0.2) is 0 Å². The van der Waals surface area contributed by atoms with Crippen LogP contribution in [0.25, 0.3) is 0 Å². The molecule has 0 aromatic heterocycles.